The molecule has 33 heavy (non-hydrogen) atoms. The van der Waals surface area contributed by atoms with Crippen LogP contribution in [0.1, 0.15) is 33.6 Å². The summed E-state index contributed by atoms with van der Waals surface area (Å²) in [5.41, 5.74) is -0.578. The van der Waals surface area contributed by atoms with E-state index in [-0.39, 0.29) is 25.0 Å². The Morgan fingerprint density at radius 1 is 1.30 bits per heavy atom. The van der Waals surface area contributed by atoms with Crippen molar-refractivity contribution in [3.05, 3.63) is 24.3 Å². The van der Waals surface area contributed by atoms with Crippen LogP contribution < -0.4 is 10.1 Å². The molecule has 0 saturated carbocycles. The zero-order chi connectivity index (χ0) is 23.9. The number of aliphatic hydroxyl groups excluding tert-OH is 1. The quantitative estimate of drug-likeness (QED) is 0.566. The molecule has 6 atom stereocenters. The largest absolute Gasteiger partial charge is 0.497 e. The number of carbonyl (C=O) groups is 3. The van der Waals surface area contributed by atoms with Gasteiger partial charge in [-0.2, -0.15) is 0 Å². The Labute approximate surface area is 193 Å². The predicted octanol–water partition coefficient (Wildman–Crippen LogP) is 1.59. The number of nitrogens with zero attached hydrogens (tertiary/aromatic N) is 1. The molecule has 1 aromatic rings. The van der Waals surface area contributed by atoms with Gasteiger partial charge in [0.25, 0.3) is 0 Å². The van der Waals surface area contributed by atoms with Gasteiger partial charge in [0.05, 0.1) is 44.3 Å². The van der Waals surface area contributed by atoms with Gasteiger partial charge in [0.15, 0.2) is 0 Å². The Kier molecular flexibility index (Phi) is 6.37. The first-order valence-electron chi connectivity index (χ1n) is 11.5. The van der Waals surface area contributed by atoms with Crippen molar-refractivity contribution in [2.75, 3.05) is 25.6 Å². The van der Waals surface area contributed by atoms with Crippen LogP contribution in [0, 0.1) is 17.8 Å². The van der Waals surface area contributed by atoms with Crippen LogP contribution in [0.4, 0.5) is 5.69 Å². The summed E-state index contributed by atoms with van der Waals surface area (Å²) in [7, 11) is 1.56. The fraction of sp³-hybridized carbons (Fsp3) is 0.625. The standard InChI is InChI=1S/C24H32N2O7/c1-5-32-23(30)18-17-10-11-24(33-17)19(18)22(29)26(16(12-27)13(2)3)20(24)21(28)25-14-6-8-15(31-4)9-7-14/h6-9,13,16-20,27H,5,10-12H2,1-4H3,(H,25,28)/t16-,17+,18-,19-,20+,24-/m0/s1. The molecule has 180 valence electrons. The molecule has 2 N–H and O–H groups in total. The number of carbonyl (C=O) groups excluding carboxylic acids is 3. The molecule has 3 aliphatic heterocycles. The molecule has 3 saturated heterocycles. The van der Waals surface area contributed by atoms with Crippen LogP contribution in [-0.4, -0.2) is 71.9 Å². The Morgan fingerprint density at radius 2 is 2.00 bits per heavy atom. The van der Waals surface area contributed by atoms with Gasteiger partial charge < -0.3 is 29.5 Å². The van der Waals surface area contributed by atoms with E-state index in [1.807, 2.05) is 13.8 Å². The number of nitrogens with one attached hydrogen (secondary N) is 1. The summed E-state index contributed by atoms with van der Waals surface area (Å²) in [5.74, 6) is -2.22. The number of methoxy groups -OCH3 is 1. The molecule has 2 amide bonds. The van der Waals surface area contributed by atoms with E-state index in [1.54, 1.807) is 38.3 Å². The average molecular weight is 461 g/mol. The van der Waals surface area contributed by atoms with E-state index in [4.69, 9.17) is 14.2 Å². The zero-order valence-corrected chi connectivity index (χ0v) is 19.4. The lowest BCUT2D eigenvalue weighted by Gasteiger charge is -2.38. The van der Waals surface area contributed by atoms with Crippen molar-refractivity contribution in [3.8, 4) is 5.75 Å². The summed E-state index contributed by atoms with van der Waals surface area (Å²) in [6.07, 6.45) is 0.596. The number of likely N-dealkylation sites (tertiary alicyclic amines) is 1. The van der Waals surface area contributed by atoms with E-state index < -0.39 is 47.5 Å². The Morgan fingerprint density at radius 3 is 2.58 bits per heavy atom. The average Bonchev–Trinajstić information content (AvgIpc) is 3.42. The molecule has 9 nitrogen and oxygen atoms in total. The van der Waals surface area contributed by atoms with Crippen molar-refractivity contribution in [3.63, 3.8) is 0 Å². The maximum Gasteiger partial charge on any atom is 0.312 e. The molecule has 3 aliphatic rings. The monoisotopic (exact) mass is 460 g/mol. The van der Waals surface area contributed by atoms with Crippen LogP contribution in [0.2, 0.25) is 0 Å². The van der Waals surface area contributed by atoms with Gasteiger partial charge in [-0.05, 0) is 49.9 Å². The fourth-order valence-electron chi connectivity index (χ4n) is 5.76. The molecular formula is C24H32N2O7. The van der Waals surface area contributed by atoms with Gasteiger partial charge in [-0.15, -0.1) is 0 Å². The van der Waals surface area contributed by atoms with Crippen molar-refractivity contribution in [1.82, 2.24) is 4.90 Å². The van der Waals surface area contributed by atoms with E-state index in [1.165, 1.54) is 4.90 Å². The van der Waals surface area contributed by atoms with Crippen molar-refractivity contribution >= 4 is 23.5 Å². The molecule has 0 radical (unpaired) electrons. The predicted molar refractivity (Wildman–Crippen MR) is 118 cm³/mol. The normalized spacial score (nSPS) is 31.0. The lowest BCUT2D eigenvalue weighted by molar-refractivity contribution is -0.155. The number of benzene rings is 1. The number of fused-ring (bicyclic) bond motifs is 1. The van der Waals surface area contributed by atoms with Crippen molar-refractivity contribution in [2.45, 2.75) is 57.4 Å². The highest BCUT2D eigenvalue weighted by atomic mass is 16.6. The number of amides is 2. The maximum atomic E-state index is 13.8. The highest BCUT2D eigenvalue weighted by Crippen LogP contribution is 2.59. The molecule has 0 aromatic heterocycles. The second kappa shape index (κ2) is 8.95. The summed E-state index contributed by atoms with van der Waals surface area (Å²) in [4.78, 5) is 41.7. The lowest BCUT2D eigenvalue weighted by Crippen LogP contribution is -2.57. The number of hydrogen-bond acceptors (Lipinski definition) is 7. The number of anilines is 1. The maximum absolute atomic E-state index is 13.8. The molecule has 1 spiro atoms. The van der Waals surface area contributed by atoms with E-state index in [2.05, 4.69) is 5.32 Å². The Hall–Kier alpha value is -2.65. The first-order chi connectivity index (χ1) is 15.8. The first-order valence-corrected chi connectivity index (χ1v) is 11.5. The van der Waals surface area contributed by atoms with Gasteiger partial charge >= 0.3 is 5.97 Å². The highest BCUT2D eigenvalue weighted by molar-refractivity contribution is 6.03. The smallest absolute Gasteiger partial charge is 0.312 e. The topological polar surface area (TPSA) is 114 Å². The third-order valence-corrected chi connectivity index (χ3v) is 7.22. The molecule has 9 heteroatoms. The van der Waals surface area contributed by atoms with Crippen LogP contribution in [0.25, 0.3) is 0 Å². The van der Waals surface area contributed by atoms with E-state index in [0.717, 1.165) is 0 Å². The highest BCUT2D eigenvalue weighted by Gasteiger charge is 2.75. The second-order valence-electron chi connectivity index (χ2n) is 9.27. The molecular weight excluding hydrogens is 428 g/mol. The Balaban J connectivity index is 1.72. The number of aliphatic hydroxyl groups is 1. The molecule has 3 heterocycles. The van der Waals surface area contributed by atoms with Crippen LogP contribution in [0.3, 0.4) is 0 Å². The number of rotatable bonds is 8. The van der Waals surface area contributed by atoms with E-state index >= 15 is 0 Å². The summed E-state index contributed by atoms with van der Waals surface area (Å²) in [6.45, 7) is 5.40. The van der Waals surface area contributed by atoms with Crippen molar-refractivity contribution in [2.24, 2.45) is 17.8 Å². The molecule has 0 aliphatic carbocycles. The minimum atomic E-state index is -1.13. The number of esters is 1. The van der Waals surface area contributed by atoms with E-state index in [9.17, 15) is 19.5 Å². The molecule has 0 unspecified atom stereocenters. The van der Waals surface area contributed by atoms with Crippen molar-refractivity contribution in [1.29, 1.82) is 0 Å². The van der Waals surface area contributed by atoms with Gasteiger partial charge in [0.1, 0.15) is 17.4 Å². The van der Waals surface area contributed by atoms with Gasteiger partial charge in [0, 0.05) is 5.69 Å². The van der Waals surface area contributed by atoms with Gasteiger partial charge in [0.2, 0.25) is 11.8 Å². The molecule has 2 bridgehead atoms. The van der Waals surface area contributed by atoms with Crippen LogP contribution in [-0.2, 0) is 23.9 Å². The zero-order valence-electron chi connectivity index (χ0n) is 19.4. The van der Waals surface area contributed by atoms with Gasteiger partial charge in [-0.1, -0.05) is 13.8 Å². The van der Waals surface area contributed by atoms with E-state index in [0.29, 0.717) is 24.3 Å². The van der Waals surface area contributed by atoms with Crippen LogP contribution in [0.15, 0.2) is 24.3 Å². The first kappa shape index (κ1) is 23.5. The SMILES string of the molecule is CCOC(=O)[C@@H]1[C@H]2C(=O)N([C@@H](CO)C(C)C)[C@H](C(=O)Nc3ccc(OC)cc3)[C@]23CC[C@H]1O3. The third kappa shape index (κ3) is 3.67. The third-order valence-electron chi connectivity index (χ3n) is 7.22. The summed E-state index contributed by atoms with van der Waals surface area (Å²) >= 11 is 0. The summed E-state index contributed by atoms with van der Waals surface area (Å²) in [5, 5.41) is 13.0. The van der Waals surface area contributed by atoms with Crippen LogP contribution >= 0.6 is 0 Å². The minimum Gasteiger partial charge on any atom is -0.497 e. The summed E-state index contributed by atoms with van der Waals surface area (Å²) in [6, 6.07) is 5.33. The van der Waals surface area contributed by atoms with Gasteiger partial charge in [-0.25, -0.2) is 0 Å². The minimum absolute atomic E-state index is 0.108. The lowest BCUT2D eigenvalue weighted by atomic mass is 9.70. The van der Waals surface area contributed by atoms with Gasteiger partial charge in [-0.3, -0.25) is 14.4 Å². The Bertz CT molecular complexity index is 918. The fourth-order valence-corrected chi connectivity index (χ4v) is 5.76. The van der Waals surface area contributed by atoms with Crippen LogP contribution in [0.5, 0.6) is 5.75 Å². The second-order valence-corrected chi connectivity index (χ2v) is 9.27. The number of hydrogen-bond donors (Lipinski definition) is 2. The summed E-state index contributed by atoms with van der Waals surface area (Å²) < 4.78 is 16.8. The number of ether oxygens (including phenoxy) is 3. The molecule has 4 rings (SSSR count). The molecule has 1 aromatic carbocycles. The van der Waals surface area contributed by atoms with Crippen molar-refractivity contribution < 1.29 is 33.7 Å². The molecule has 3 fully saturated rings.